The molecule has 3 aromatic rings. The minimum Gasteiger partial charge on any atom is -0.311 e. The molecule has 0 saturated heterocycles. The second kappa shape index (κ2) is 6.07. The van der Waals surface area contributed by atoms with Gasteiger partial charge < -0.3 is 9.72 Å². The second-order valence-electron chi connectivity index (χ2n) is 4.34. The monoisotopic (exact) mass is 284 g/mol. The number of hydrogen-bond acceptors (Lipinski definition) is 4. The highest BCUT2D eigenvalue weighted by molar-refractivity contribution is 7.99. The Labute approximate surface area is 122 Å². The fourth-order valence-corrected chi connectivity index (χ4v) is 2.90. The van der Waals surface area contributed by atoms with Crippen LogP contribution in [-0.2, 0) is 6.54 Å². The molecule has 3 heterocycles. The Morgan fingerprint density at radius 2 is 2.10 bits per heavy atom. The molecule has 0 aliphatic heterocycles. The predicted octanol–water partition coefficient (Wildman–Crippen LogP) is 2.99. The fraction of sp³-hybridized carbons (Fsp3) is 0.200. The first-order valence-electron chi connectivity index (χ1n) is 6.64. The van der Waals surface area contributed by atoms with E-state index >= 15 is 0 Å². The van der Waals surface area contributed by atoms with Gasteiger partial charge in [-0.05, 0) is 42.6 Å². The molecule has 0 spiro atoms. The molecule has 0 bridgehead atoms. The summed E-state index contributed by atoms with van der Waals surface area (Å²) in [5.41, 5.74) is 2.15. The van der Waals surface area contributed by atoms with Crippen molar-refractivity contribution in [1.29, 1.82) is 0 Å². The first kappa shape index (κ1) is 13.1. The maximum atomic E-state index is 4.71. The van der Waals surface area contributed by atoms with Crippen LogP contribution in [0.1, 0.15) is 12.6 Å². The van der Waals surface area contributed by atoms with E-state index in [1.807, 2.05) is 42.6 Å². The van der Waals surface area contributed by atoms with Crippen molar-refractivity contribution < 1.29 is 0 Å². The molecule has 102 valence electrons. The standard InChI is InChI=1S/C15H16N4S/c1-2-16-11-12-15(20-14-8-3-5-9-17-14)18-13-7-4-6-10-19(12)13/h3-10,16H,2,11H2,1H3. The quantitative estimate of drug-likeness (QED) is 0.782. The van der Waals surface area contributed by atoms with Crippen LogP contribution in [0.3, 0.4) is 0 Å². The van der Waals surface area contributed by atoms with Crippen LogP contribution in [0.5, 0.6) is 0 Å². The van der Waals surface area contributed by atoms with Gasteiger partial charge in [0.15, 0.2) is 0 Å². The van der Waals surface area contributed by atoms with Crippen molar-refractivity contribution in [3.8, 4) is 0 Å². The van der Waals surface area contributed by atoms with Crippen molar-refractivity contribution in [3.63, 3.8) is 0 Å². The van der Waals surface area contributed by atoms with Gasteiger partial charge in [0.2, 0.25) is 0 Å². The molecule has 20 heavy (non-hydrogen) atoms. The normalized spacial score (nSPS) is 11.1. The molecule has 0 radical (unpaired) electrons. The Morgan fingerprint density at radius 3 is 2.90 bits per heavy atom. The molecule has 0 saturated carbocycles. The maximum absolute atomic E-state index is 4.71. The Hall–Kier alpha value is -1.85. The lowest BCUT2D eigenvalue weighted by molar-refractivity contribution is 0.694. The molecular formula is C15H16N4S. The zero-order chi connectivity index (χ0) is 13.8. The van der Waals surface area contributed by atoms with Gasteiger partial charge in [0.25, 0.3) is 0 Å². The van der Waals surface area contributed by atoms with E-state index in [1.54, 1.807) is 11.8 Å². The lowest BCUT2D eigenvalue weighted by atomic mass is 10.4. The molecule has 0 fully saturated rings. The van der Waals surface area contributed by atoms with Crippen LogP contribution in [0.4, 0.5) is 0 Å². The lowest BCUT2D eigenvalue weighted by Crippen LogP contribution is -2.13. The molecule has 3 aromatic heterocycles. The van der Waals surface area contributed by atoms with E-state index in [2.05, 4.69) is 27.8 Å². The van der Waals surface area contributed by atoms with Gasteiger partial charge in [-0.1, -0.05) is 19.1 Å². The third kappa shape index (κ3) is 2.69. The van der Waals surface area contributed by atoms with Crippen LogP contribution in [0.2, 0.25) is 0 Å². The Morgan fingerprint density at radius 1 is 1.20 bits per heavy atom. The molecule has 0 aromatic carbocycles. The second-order valence-corrected chi connectivity index (χ2v) is 5.35. The van der Waals surface area contributed by atoms with Crippen molar-refractivity contribution >= 4 is 17.4 Å². The van der Waals surface area contributed by atoms with E-state index in [9.17, 15) is 0 Å². The molecule has 1 N–H and O–H groups in total. The SMILES string of the molecule is CCNCc1c(Sc2ccccn2)nc2ccccn12. The van der Waals surface area contributed by atoms with Crippen LogP contribution in [-0.4, -0.2) is 20.9 Å². The summed E-state index contributed by atoms with van der Waals surface area (Å²) in [6.45, 7) is 3.85. The molecule has 0 amide bonds. The highest BCUT2D eigenvalue weighted by Crippen LogP contribution is 2.28. The highest BCUT2D eigenvalue weighted by Gasteiger charge is 2.13. The topological polar surface area (TPSA) is 42.2 Å². The zero-order valence-electron chi connectivity index (χ0n) is 11.3. The average molecular weight is 284 g/mol. The van der Waals surface area contributed by atoms with Gasteiger partial charge in [0, 0.05) is 18.9 Å². The summed E-state index contributed by atoms with van der Waals surface area (Å²) in [5, 5.41) is 5.35. The van der Waals surface area contributed by atoms with Crippen LogP contribution in [0.25, 0.3) is 5.65 Å². The molecule has 4 nitrogen and oxygen atoms in total. The Balaban J connectivity index is 2.00. The van der Waals surface area contributed by atoms with Crippen LogP contribution < -0.4 is 5.32 Å². The largest absolute Gasteiger partial charge is 0.311 e. The summed E-state index contributed by atoms with van der Waals surface area (Å²) in [4.78, 5) is 9.07. The van der Waals surface area contributed by atoms with Crippen LogP contribution in [0.15, 0.2) is 58.8 Å². The van der Waals surface area contributed by atoms with Gasteiger partial charge >= 0.3 is 0 Å². The molecule has 0 aliphatic carbocycles. The smallest absolute Gasteiger partial charge is 0.138 e. The molecule has 0 atom stereocenters. The molecular weight excluding hydrogens is 268 g/mol. The first-order valence-corrected chi connectivity index (χ1v) is 7.45. The number of pyridine rings is 2. The zero-order valence-corrected chi connectivity index (χ0v) is 12.1. The van der Waals surface area contributed by atoms with E-state index in [0.29, 0.717) is 0 Å². The van der Waals surface area contributed by atoms with Crippen molar-refractivity contribution in [2.45, 2.75) is 23.5 Å². The van der Waals surface area contributed by atoms with Crippen LogP contribution >= 0.6 is 11.8 Å². The number of rotatable bonds is 5. The summed E-state index contributed by atoms with van der Waals surface area (Å²) in [7, 11) is 0. The van der Waals surface area contributed by atoms with Gasteiger partial charge in [-0.2, -0.15) is 0 Å². The number of imidazole rings is 1. The fourth-order valence-electron chi connectivity index (χ4n) is 2.02. The van der Waals surface area contributed by atoms with Crippen molar-refractivity contribution in [1.82, 2.24) is 19.7 Å². The number of fused-ring (bicyclic) bond motifs is 1. The minimum absolute atomic E-state index is 0.802. The molecule has 5 heteroatoms. The van der Waals surface area contributed by atoms with Gasteiger partial charge in [-0.15, -0.1) is 0 Å². The summed E-state index contributed by atoms with van der Waals surface area (Å²) < 4.78 is 2.13. The molecule has 0 unspecified atom stereocenters. The van der Waals surface area contributed by atoms with Crippen LogP contribution in [0, 0.1) is 0 Å². The molecule has 0 aliphatic rings. The van der Waals surface area contributed by atoms with Gasteiger partial charge in [0.1, 0.15) is 15.7 Å². The number of nitrogens with zero attached hydrogens (tertiary/aromatic N) is 3. The van der Waals surface area contributed by atoms with E-state index in [-0.39, 0.29) is 0 Å². The summed E-state index contributed by atoms with van der Waals surface area (Å²) in [6.07, 6.45) is 3.86. The minimum atomic E-state index is 0.802. The van der Waals surface area contributed by atoms with Crippen molar-refractivity contribution in [2.24, 2.45) is 0 Å². The van der Waals surface area contributed by atoms with Gasteiger partial charge in [-0.25, -0.2) is 9.97 Å². The summed E-state index contributed by atoms with van der Waals surface area (Å²) >= 11 is 1.61. The maximum Gasteiger partial charge on any atom is 0.138 e. The van der Waals surface area contributed by atoms with E-state index in [4.69, 9.17) is 4.98 Å². The summed E-state index contributed by atoms with van der Waals surface area (Å²) in [6, 6.07) is 12.0. The molecule has 3 rings (SSSR count). The lowest BCUT2D eigenvalue weighted by Gasteiger charge is -2.05. The Bertz CT molecular complexity index is 693. The summed E-state index contributed by atoms with van der Waals surface area (Å²) in [5.74, 6) is 0. The third-order valence-electron chi connectivity index (χ3n) is 2.97. The van der Waals surface area contributed by atoms with Crippen molar-refractivity contribution in [3.05, 3.63) is 54.5 Å². The van der Waals surface area contributed by atoms with E-state index < -0.39 is 0 Å². The Kier molecular flexibility index (Phi) is 3.99. The van der Waals surface area contributed by atoms with Gasteiger partial charge in [0.05, 0.1) is 5.69 Å². The number of nitrogens with one attached hydrogen (secondary N) is 1. The van der Waals surface area contributed by atoms with Crippen molar-refractivity contribution in [2.75, 3.05) is 6.54 Å². The highest BCUT2D eigenvalue weighted by atomic mass is 32.2. The van der Waals surface area contributed by atoms with Gasteiger partial charge in [-0.3, -0.25) is 0 Å². The van der Waals surface area contributed by atoms with E-state index in [1.165, 1.54) is 5.69 Å². The number of aromatic nitrogens is 3. The average Bonchev–Trinajstić information content (AvgIpc) is 2.83. The first-order chi connectivity index (χ1) is 9.88. The van der Waals surface area contributed by atoms with E-state index in [0.717, 1.165) is 28.8 Å². The number of hydrogen-bond donors (Lipinski definition) is 1. The predicted molar refractivity (Wildman–Crippen MR) is 80.9 cm³/mol. The third-order valence-corrected chi connectivity index (χ3v) is 3.94.